The summed E-state index contributed by atoms with van der Waals surface area (Å²) in [5.74, 6) is -2.01. The van der Waals surface area contributed by atoms with E-state index >= 15 is 4.39 Å². The summed E-state index contributed by atoms with van der Waals surface area (Å²) in [6, 6.07) is 0. The van der Waals surface area contributed by atoms with Crippen molar-refractivity contribution in [2.45, 2.75) is 123 Å². The molecular formula is C32H49FO8. The normalized spacial score (nSPS) is 35.3. The molecule has 2 heterocycles. The summed E-state index contributed by atoms with van der Waals surface area (Å²) in [5, 5.41) is 11.0. The second-order valence-electron chi connectivity index (χ2n) is 12.2. The third-order valence-electron chi connectivity index (χ3n) is 8.18. The summed E-state index contributed by atoms with van der Waals surface area (Å²) in [4.78, 5) is 37.4. The van der Waals surface area contributed by atoms with Crippen molar-refractivity contribution in [2.24, 2.45) is 17.8 Å². The highest BCUT2D eigenvalue weighted by Gasteiger charge is 2.54. The molecule has 2 aliphatic heterocycles. The Balaban J connectivity index is 2.23. The van der Waals surface area contributed by atoms with Crippen LogP contribution in [0.25, 0.3) is 0 Å². The Morgan fingerprint density at radius 1 is 1.27 bits per heavy atom. The monoisotopic (exact) mass is 580 g/mol. The number of alkyl halides is 1. The van der Waals surface area contributed by atoms with Crippen molar-refractivity contribution < 1.29 is 42.8 Å². The Morgan fingerprint density at radius 2 is 1.93 bits per heavy atom. The number of epoxide rings is 1. The van der Waals surface area contributed by atoms with Crippen LogP contribution in [-0.2, 0) is 33.3 Å². The molecule has 41 heavy (non-hydrogen) atoms. The number of allylic oxidation sites excluding steroid dienone is 3. The zero-order valence-corrected chi connectivity index (χ0v) is 26.0. The number of carbonyl (C=O) groups is 3. The standard InChI is InChI=1S/C32H49FO8/c1-10-24(38-9)22(5)28-29(41-28)30(36)31(7,33)16-11-12-20(3)27-21(4)13-14-25(39-23(6)34)32(8,37)17-15-19(2)18-26(35)40-27/h11-14,16,19,21-22,24-25,27-29,37H,10,15,17-18H2,1-9H3/b14-13+,16-11+,20-12+/t19-,21+,22-,24+,25+,27-,28?,29-,31?,32-/m1/s1. The first-order chi connectivity index (χ1) is 19.0. The summed E-state index contributed by atoms with van der Waals surface area (Å²) in [7, 11) is 1.61. The number of carbonyl (C=O) groups excluding carboxylic acids is 3. The molecule has 0 aromatic carbocycles. The molecule has 0 radical (unpaired) electrons. The van der Waals surface area contributed by atoms with Crippen LogP contribution >= 0.6 is 0 Å². The van der Waals surface area contributed by atoms with Crippen molar-refractivity contribution in [1.82, 2.24) is 0 Å². The Morgan fingerprint density at radius 3 is 2.51 bits per heavy atom. The molecule has 8 nitrogen and oxygen atoms in total. The van der Waals surface area contributed by atoms with E-state index in [1.807, 2.05) is 27.7 Å². The van der Waals surface area contributed by atoms with E-state index < -0.39 is 41.3 Å². The molecule has 0 amide bonds. The van der Waals surface area contributed by atoms with E-state index in [1.54, 1.807) is 39.2 Å². The lowest BCUT2D eigenvalue weighted by Gasteiger charge is -2.32. The van der Waals surface area contributed by atoms with Crippen LogP contribution in [0.1, 0.15) is 81.1 Å². The average Bonchev–Trinajstić information content (AvgIpc) is 3.68. The number of cyclic esters (lactones) is 1. The van der Waals surface area contributed by atoms with Gasteiger partial charge in [-0.05, 0) is 63.7 Å². The van der Waals surface area contributed by atoms with Gasteiger partial charge in [0, 0.05) is 32.3 Å². The molecular weight excluding hydrogens is 531 g/mol. The van der Waals surface area contributed by atoms with Gasteiger partial charge in [0.05, 0.1) is 12.2 Å². The van der Waals surface area contributed by atoms with Crippen LogP contribution in [0.3, 0.4) is 0 Å². The Labute approximate surface area is 244 Å². The molecule has 2 rings (SSSR count). The van der Waals surface area contributed by atoms with Crippen LogP contribution < -0.4 is 0 Å². The SMILES string of the molecule is CC[C@H](OC)[C@@H](C)C1O[C@H]1C(=O)C(C)(F)/C=C/C=C(\C)[C@H]1OC(=O)C[C@H](C)CC[C@@](C)(O)[C@@H](OC(C)=O)/C=C/[C@@H]1C. The molecule has 10 atom stereocenters. The van der Waals surface area contributed by atoms with Gasteiger partial charge in [-0.3, -0.25) is 14.4 Å². The van der Waals surface area contributed by atoms with Gasteiger partial charge in [0.1, 0.15) is 23.9 Å². The molecule has 1 saturated heterocycles. The van der Waals surface area contributed by atoms with Gasteiger partial charge in [0.25, 0.3) is 0 Å². The second-order valence-corrected chi connectivity index (χ2v) is 12.2. The van der Waals surface area contributed by atoms with Gasteiger partial charge in [-0.2, -0.15) is 0 Å². The minimum absolute atomic E-state index is 0.0435. The largest absolute Gasteiger partial charge is 0.457 e. The summed E-state index contributed by atoms with van der Waals surface area (Å²) in [5.41, 5.74) is -2.93. The van der Waals surface area contributed by atoms with Gasteiger partial charge in [-0.1, -0.05) is 45.9 Å². The van der Waals surface area contributed by atoms with Gasteiger partial charge in [0.2, 0.25) is 5.78 Å². The predicted octanol–water partition coefficient (Wildman–Crippen LogP) is 5.22. The second kappa shape index (κ2) is 14.7. The Kier molecular flexibility index (Phi) is 12.5. The van der Waals surface area contributed by atoms with Gasteiger partial charge < -0.3 is 24.1 Å². The van der Waals surface area contributed by atoms with Crippen LogP contribution in [0.5, 0.6) is 0 Å². The van der Waals surface area contributed by atoms with Crippen molar-refractivity contribution in [1.29, 1.82) is 0 Å². The number of hydrogen-bond acceptors (Lipinski definition) is 8. The lowest BCUT2D eigenvalue weighted by molar-refractivity contribution is -0.156. The van der Waals surface area contributed by atoms with Crippen LogP contribution in [0.2, 0.25) is 0 Å². The van der Waals surface area contributed by atoms with E-state index in [4.69, 9.17) is 18.9 Å². The van der Waals surface area contributed by atoms with Gasteiger partial charge in [-0.15, -0.1) is 0 Å². The van der Waals surface area contributed by atoms with E-state index in [2.05, 4.69) is 0 Å². The number of rotatable bonds is 10. The predicted molar refractivity (Wildman–Crippen MR) is 154 cm³/mol. The summed E-state index contributed by atoms with van der Waals surface area (Å²) in [6.07, 6.45) is 6.56. The minimum Gasteiger partial charge on any atom is -0.457 e. The molecule has 0 aromatic rings. The number of esters is 2. The van der Waals surface area contributed by atoms with Crippen LogP contribution in [-0.4, -0.2) is 71.7 Å². The molecule has 1 N–H and O–H groups in total. The summed E-state index contributed by atoms with van der Waals surface area (Å²) >= 11 is 0. The fourth-order valence-electron chi connectivity index (χ4n) is 5.34. The fraction of sp³-hybridized carbons (Fsp3) is 0.719. The quantitative estimate of drug-likeness (QED) is 0.162. The van der Waals surface area contributed by atoms with Crippen molar-refractivity contribution in [3.63, 3.8) is 0 Å². The van der Waals surface area contributed by atoms with E-state index in [0.717, 1.165) is 6.42 Å². The number of halogens is 1. The minimum atomic E-state index is -2.25. The molecule has 0 saturated carbocycles. The summed E-state index contributed by atoms with van der Waals surface area (Å²) in [6.45, 7) is 13.5. The van der Waals surface area contributed by atoms with E-state index in [0.29, 0.717) is 18.4 Å². The number of ether oxygens (including phenoxy) is 4. The smallest absolute Gasteiger partial charge is 0.306 e. The first kappa shape index (κ1) is 34.8. The molecule has 2 aliphatic rings. The average molecular weight is 581 g/mol. The maximum atomic E-state index is 15.4. The number of Topliss-reactive ketones (excluding diaryl/α,β-unsaturated/α-hetero) is 1. The van der Waals surface area contributed by atoms with Crippen molar-refractivity contribution in [2.75, 3.05) is 7.11 Å². The molecule has 1 fully saturated rings. The van der Waals surface area contributed by atoms with Gasteiger partial charge in [-0.25, -0.2) is 4.39 Å². The first-order valence-electron chi connectivity index (χ1n) is 14.6. The molecule has 0 aromatic heterocycles. The zero-order valence-electron chi connectivity index (χ0n) is 26.0. The maximum Gasteiger partial charge on any atom is 0.306 e. The molecule has 2 unspecified atom stereocenters. The molecule has 232 valence electrons. The number of hydrogen-bond donors (Lipinski definition) is 1. The van der Waals surface area contributed by atoms with E-state index in [1.165, 1.54) is 26.0 Å². The molecule has 0 bridgehead atoms. The Bertz CT molecular complexity index is 1010. The lowest BCUT2D eigenvalue weighted by atomic mass is 9.87. The van der Waals surface area contributed by atoms with E-state index in [9.17, 15) is 19.5 Å². The number of aliphatic hydroxyl groups is 1. The van der Waals surface area contributed by atoms with Crippen molar-refractivity contribution in [3.8, 4) is 0 Å². The third-order valence-corrected chi connectivity index (χ3v) is 8.18. The number of methoxy groups -OCH3 is 1. The molecule has 9 heteroatoms. The lowest BCUT2D eigenvalue weighted by Crippen LogP contribution is -2.41. The van der Waals surface area contributed by atoms with Crippen molar-refractivity contribution in [3.05, 3.63) is 36.0 Å². The fourth-order valence-corrected chi connectivity index (χ4v) is 5.34. The highest BCUT2D eigenvalue weighted by atomic mass is 19.1. The van der Waals surface area contributed by atoms with Crippen LogP contribution in [0, 0.1) is 17.8 Å². The van der Waals surface area contributed by atoms with Gasteiger partial charge in [0.15, 0.2) is 5.67 Å². The van der Waals surface area contributed by atoms with Crippen LogP contribution in [0.4, 0.5) is 4.39 Å². The highest BCUT2D eigenvalue weighted by Crippen LogP contribution is 2.37. The number of ketones is 1. The van der Waals surface area contributed by atoms with Crippen LogP contribution in [0.15, 0.2) is 36.0 Å². The Hall–Kier alpha value is -2.36. The summed E-state index contributed by atoms with van der Waals surface area (Å²) < 4.78 is 37.7. The molecule has 0 spiro atoms. The first-order valence-corrected chi connectivity index (χ1v) is 14.6. The molecule has 0 aliphatic carbocycles. The van der Waals surface area contributed by atoms with Crippen molar-refractivity contribution >= 4 is 17.7 Å². The van der Waals surface area contributed by atoms with Gasteiger partial charge >= 0.3 is 11.9 Å². The third kappa shape index (κ3) is 9.86. The zero-order chi connectivity index (χ0) is 31.1. The topological polar surface area (TPSA) is 112 Å². The maximum absolute atomic E-state index is 15.4. The highest BCUT2D eigenvalue weighted by molar-refractivity contribution is 5.95. The van der Waals surface area contributed by atoms with E-state index in [-0.39, 0.29) is 42.4 Å².